The predicted octanol–water partition coefficient (Wildman–Crippen LogP) is 2.59. The van der Waals surface area contributed by atoms with Crippen molar-refractivity contribution in [2.24, 2.45) is 7.05 Å². The first-order valence-electron chi connectivity index (χ1n) is 5.21. The molecule has 0 unspecified atom stereocenters. The number of rotatable bonds is 4. The lowest BCUT2D eigenvalue weighted by atomic mass is 10.5. The van der Waals surface area contributed by atoms with Gasteiger partial charge in [0.05, 0.1) is 6.33 Å². The van der Waals surface area contributed by atoms with Crippen molar-refractivity contribution < 1.29 is 0 Å². The Morgan fingerprint density at radius 3 is 2.62 bits per heavy atom. The second kappa shape index (κ2) is 5.05. The number of aryl methyl sites for hydroxylation is 1. The standard InChI is InChI=1S/C10H14N4S2/c1-4-15-9-7-8(11-6-14(7)3)12-10(13-9)16-5-2/h6H,4-5H2,1-3H3. The zero-order valence-electron chi connectivity index (χ0n) is 9.60. The van der Waals surface area contributed by atoms with Crippen LogP contribution in [-0.4, -0.2) is 31.0 Å². The van der Waals surface area contributed by atoms with Crippen molar-refractivity contribution in [2.45, 2.75) is 24.0 Å². The van der Waals surface area contributed by atoms with E-state index in [4.69, 9.17) is 0 Å². The first kappa shape index (κ1) is 11.7. The van der Waals surface area contributed by atoms with Crippen LogP contribution in [0.2, 0.25) is 0 Å². The van der Waals surface area contributed by atoms with Crippen molar-refractivity contribution in [3.8, 4) is 0 Å². The quantitative estimate of drug-likeness (QED) is 0.476. The highest BCUT2D eigenvalue weighted by molar-refractivity contribution is 7.99. The molecule has 4 nitrogen and oxygen atoms in total. The summed E-state index contributed by atoms with van der Waals surface area (Å²) in [6.07, 6.45) is 1.79. The molecule has 0 amide bonds. The Balaban J connectivity index is 2.56. The lowest BCUT2D eigenvalue weighted by molar-refractivity contribution is 0.887. The lowest BCUT2D eigenvalue weighted by Crippen LogP contribution is -1.95. The smallest absolute Gasteiger partial charge is 0.190 e. The average molecular weight is 254 g/mol. The highest BCUT2D eigenvalue weighted by atomic mass is 32.2. The molecular weight excluding hydrogens is 240 g/mol. The highest BCUT2D eigenvalue weighted by Crippen LogP contribution is 2.26. The molecule has 0 saturated heterocycles. The van der Waals surface area contributed by atoms with E-state index in [1.807, 2.05) is 11.6 Å². The molecule has 2 aromatic heterocycles. The first-order valence-corrected chi connectivity index (χ1v) is 7.18. The van der Waals surface area contributed by atoms with Gasteiger partial charge in [-0.25, -0.2) is 15.0 Å². The molecule has 0 fully saturated rings. The van der Waals surface area contributed by atoms with Gasteiger partial charge in [0.1, 0.15) is 10.5 Å². The molecule has 0 radical (unpaired) electrons. The van der Waals surface area contributed by atoms with E-state index in [0.29, 0.717) is 0 Å². The SMILES string of the molecule is CCSc1nc(SCC)c2c(ncn2C)n1. The summed E-state index contributed by atoms with van der Waals surface area (Å²) in [6.45, 7) is 4.23. The fraction of sp³-hybridized carbons (Fsp3) is 0.500. The van der Waals surface area contributed by atoms with Crippen molar-refractivity contribution >= 4 is 34.7 Å². The van der Waals surface area contributed by atoms with Gasteiger partial charge in [0.2, 0.25) is 0 Å². The van der Waals surface area contributed by atoms with Crippen LogP contribution in [-0.2, 0) is 7.05 Å². The second-order valence-corrected chi connectivity index (χ2v) is 5.69. The van der Waals surface area contributed by atoms with E-state index in [1.165, 1.54) is 0 Å². The number of fused-ring (bicyclic) bond motifs is 1. The maximum Gasteiger partial charge on any atom is 0.190 e. The molecule has 86 valence electrons. The van der Waals surface area contributed by atoms with Crippen molar-refractivity contribution in [2.75, 3.05) is 11.5 Å². The Kier molecular flexibility index (Phi) is 3.70. The van der Waals surface area contributed by atoms with E-state index in [1.54, 1.807) is 29.9 Å². The minimum Gasteiger partial charge on any atom is -0.330 e. The summed E-state index contributed by atoms with van der Waals surface area (Å²) >= 11 is 3.39. The summed E-state index contributed by atoms with van der Waals surface area (Å²) in [5.74, 6) is 1.99. The Bertz CT molecular complexity index is 495. The maximum atomic E-state index is 4.57. The van der Waals surface area contributed by atoms with Crippen LogP contribution in [0.3, 0.4) is 0 Å². The molecule has 0 bridgehead atoms. The number of nitrogens with zero attached hydrogens (tertiary/aromatic N) is 4. The third-order valence-corrected chi connectivity index (χ3v) is 3.65. The summed E-state index contributed by atoms with van der Waals surface area (Å²) < 4.78 is 1.98. The largest absolute Gasteiger partial charge is 0.330 e. The van der Waals surface area contributed by atoms with Gasteiger partial charge in [-0.05, 0) is 11.5 Å². The van der Waals surface area contributed by atoms with Crippen molar-refractivity contribution in [3.05, 3.63) is 6.33 Å². The van der Waals surface area contributed by atoms with E-state index < -0.39 is 0 Å². The fourth-order valence-electron chi connectivity index (χ4n) is 1.43. The van der Waals surface area contributed by atoms with E-state index in [0.717, 1.165) is 32.9 Å². The molecule has 0 N–H and O–H groups in total. The normalized spacial score (nSPS) is 11.2. The number of thioether (sulfide) groups is 2. The van der Waals surface area contributed by atoms with Crippen LogP contribution in [0.4, 0.5) is 0 Å². The second-order valence-electron chi connectivity index (χ2n) is 3.21. The molecular formula is C10H14N4S2. The van der Waals surface area contributed by atoms with E-state index in [-0.39, 0.29) is 0 Å². The molecule has 0 aromatic carbocycles. The van der Waals surface area contributed by atoms with Gasteiger partial charge in [-0.3, -0.25) is 0 Å². The van der Waals surface area contributed by atoms with Gasteiger partial charge in [0.25, 0.3) is 0 Å². The molecule has 2 heterocycles. The van der Waals surface area contributed by atoms with Crippen molar-refractivity contribution in [3.63, 3.8) is 0 Å². The van der Waals surface area contributed by atoms with E-state index >= 15 is 0 Å². The monoisotopic (exact) mass is 254 g/mol. The molecule has 6 heteroatoms. The van der Waals surface area contributed by atoms with Gasteiger partial charge in [-0.15, -0.1) is 11.8 Å². The summed E-state index contributed by atoms with van der Waals surface area (Å²) in [5, 5.41) is 1.85. The van der Waals surface area contributed by atoms with Gasteiger partial charge >= 0.3 is 0 Å². The summed E-state index contributed by atoms with van der Waals surface area (Å²) in [5.41, 5.74) is 1.83. The van der Waals surface area contributed by atoms with Gasteiger partial charge in [-0.2, -0.15) is 0 Å². The van der Waals surface area contributed by atoms with Crippen LogP contribution in [0.25, 0.3) is 11.2 Å². The van der Waals surface area contributed by atoms with Gasteiger partial charge < -0.3 is 4.57 Å². The number of hydrogen-bond donors (Lipinski definition) is 0. The Morgan fingerprint density at radius 2 is 1.94 bits per heavy atom. The minimum atomic E-state index is 0.796. The third-order valence-electron chi connectivity index (χ3n) is 2.07. The minimum absolute atomic E-state index is 0.796. The van der Waals surface area contributed by atoms with Gasteiger partial charge in [0.15, 0.2) is 10.8 Å². The molecule has 0 spiro atoms. The average Bonchev–Trinajstić information content (AvgIpc) is 2.61. The number of aromatic nitrogens is 4. The van der Waals surface area contributed by atoms with Crippen LogP contribution in [0.1, 0.15) is 13.8 Å². The molecule has 0 saturated carbocycles. The first-order chi connectivity index (χ1) is 7.76. The maximum absolute atomic E-state index is 4.57. The van der Waals surface area contributed by atoms with Crippen molar-refractivity contribution in [1.29, 1.82) is 0 Å². The predicted molar refractivity (Wildman–Crippen MR) is 69.1 cm³/mol. The molecule has 0 aliphatic carbocycles. The van der Waals surface area contributed by atoms with E-state index in [9.17, 15) is 0 Å². The molecule has 0 atom stereocenters. The fourth-order valence-corrected chi connectivity index (χ4v) is 2.85. The highest BCUT2D eigenvalue weighted by Gasteiger charge is 2.11. The van der Waals surface area contributed by atoms with Crippen molar-refractivity contribution in [1.82, 2.24) is 19.5 Å². The van der Waals surface area contributed by atoms with Crippen LogP contribution < -0.4 is 0 Å². The Morgan fingerprint density at radius 1 is 1.19 bits per heavy atom. The van der Waals surface area contributed by atoms with E-state index in [2.05, 4.69) is 28.8 Å². The van der Waals surface area contributed by atoms with Crippen LogP contribution in [0, 0.1) is 0 Å². The van der Waals surface area contributed by atoms with Gasteiger partial charge in [0, 0.05) is 7.05 Å². The molecule has 2 rings (SSSR count). The topological polar surface area (TPSA) is 43.6 Å². The number of hydrogen-bond acceptors (Lipinski definition) is 5. The van der Waals surface area contributed by atoms with Crippen LogP contribution >= 0.6 is 23.5 Å². The Labute approximate surface area is 103 Å². The zero-order valence-corrected chi connectivity index (χ0v) is 11.2. The van der Waals surface area contributed by atoms with Crippen LogP contribution in [0.15, 0.2) is 16.5 Å². The molecule has 16 heavy (non-hydrogen) atoms. The molecule has 0 aliphatic heterocycles. The third kappa shape index (κ3) is 2.17. The van der Waals surface area contributed by atoms with Crippen LogP contribution in [0.5, 0.6) is 0 Å². The lowest BCUT2D eigenvalue weighted by Gasteiger charge is -2.04. The summed E-state index contributed by atoms with van der Waals surface area (Å²) in [7, 11) is 1.98. The summed E-state index contributed by atoms with van der Waals surface area (Å²) in [4.78, 5) is 13.3. The number of imidazole rings is 1. The van der Waals surface area contributed by atoms with Gasteiger partial charge in [-0.1, -0.05) is 25.6 Å². The molecule has 2 aromatic rings. The summed E-state index contributed by atoms with van der Waals surface area (Å²) in [6, 6.07) is 0. The zero-order chi connectivity index (χ0) is 11.5. The molecule has 0 aliphatic rings. The Hall–Kier alpha value is -0.750.